The van der Waals surface area contributed by atoms with E-state index in [-0.39, 0.29) is 16.8 Å². The fraction of sp³-hybridized carbons (Fsp3) is 0. The molecule has 0 unspecified atom stereocenters. The van der Waals surface area contributed by atoms with Crippen LogP contribution < -0.4 is 5.43 Å². The zero-order valence-corrected chi connectivity index (χ0v) is 14.2. The molecule has 9 nitrogen and oxygen atoms in total. The molecule has 0 saturated heterocycles. The first-order chi connectivity index (χ1) is 13.4. The molecule has 140 valence electrons. The largest absolute Gasteiger partial charge is 0.478 e. The normalized spacial score (nSPS) is 10.7. The summed E-state index contributed by atoms with van der Waals surface area (Å²) in [5.41, 5.74) is 2.87. The van der Waals surface area contributed by atoms with Gasteiger partial charge < -0.3 is 9.52 Å². The third-order valence-electron chi connectivity index (χ3n) is 3.70. The molecule has 0 radical (unpaired) electrons. The van der Waals surface area contributed by atoms with E-state index in [1.807, 2.05) is 0 Å². The van der Waals surface area contributed by atoms with E-state index in [1.54, 1.807) is 24.3 Å². The maximum absolute atomic E-state index is 12.0. The molecule has 3 aromatic rings. The summed E-state index contributed by atoms with van der Waals surface area (Å²) in [5, 5.41) is 23.6. The monoisotopic (exact) mass is 379 g/mol. The third-order valence-corrected chi connectivity index (χ3v) is 3.70. The van der Waals surface area contributed by atoms with Crippen LogP contribution in [0.2, 0.25) is 0 Å². The number of hydrogen-bond donors (Lipinski definition) is 2. The summed E-state index contributed by atoms with van der Waals surface area (Å²) in [7, 11) is 0. The zero-order valence-electron chi connectivity index (χ0n) is 14.2. The van der Waals surface area contributed by atoms with Gasteiger partial charge in [-0.25, -0.2) is 10.2 Å². The fourth-order valence-electron chi connectivity index (χ4n) is 2.36. The van der Waals surface area contributed by atoms with E-state index in [4.69, 9.17) is 9.52 Å². The molecule has 0 atom stereocenters. The highest BCUT2D eigenvalue weighted by atomic mass is 16.6. The van der Waals surface area contributed by atoms with Gasteiger partial charge in [-0.05, 0) is 30.3 Å². The number of non-ortho nitro benzene ring substituents is 1. The SMILES string of the molecule is O=C(O)c1cccc(-c2ccc(/C=N\NC(=O)c3cccc([N+](=O)[O-])c3)o2)c1. The second-order valence-electron chi connectivity index (χ2n) is 5.59. The Bertz CT molecular complexity index is 1090. The molecule has 9 heteroatoms. The highest BCUT2D eigenvalue weighted by Gasteiger charge is 2.11. The number of aromatic carboxylic acids is 1. The maximum Gasteiger partial charge on any atom is 0.335 e. The van der Waals surface area contributed by atoms with Crippen LogP contribution in [0.4, 0.5) is 5.69 Å². The number of hydrogen-bond acceptors (Lipinski definition) is 6. The second-order valence-corrected chi connectivity index (χ2v) is 5.59. The molecule has 28 heavy (non-hydrogen) atoms. The molecule has 0 fully saturated rings. The lowest BCUT2D eigenvalue weighted by Gasteiger charge is -2.00. The van der Waals surface area contributed by atoms with Gasteiger partial charge in [-0.2, -0.15) is 5.10 Å². The Morgan fingerprint density at radius 2 is 1.82 bits per heavy atom. The van der Waals surface area contributed by atoms with Crippen molar-refractivity contribution in [2.75, 3.05) is 0 Å². The van der Waals surface area contributed by atoms with Gasteiger partial charge in [-0.3, -0.25) is 14.9 Å². The third kappa shape index (κ3) is 4.28. The topological polar surface area (TPSA) is 135 Å². The van der Waals surface area contributed by atoms with Crippen LogP contribution in [0.25, 0.3) is 11.3 Å². The molecule has 1 heterocycles. The summed E-state index contributed by atoms with van der Waals surface area (Å²) < 4.78 is 5.56. The molecule has 0 aliphatic heterocycles. The van der Waals surface area contributed by atoms with Crippen LogP contribution in [0.5, 0.6) is 0 Å². The van der Waals surface area contributed by atoms with Crippen LogP contribution in [-0.2, 0) is 0 Å². The molecule has 0 aliphatic carbocycles. The predicted molar refractivity (Wildman–Crippen MR) is 99.3 cm³/mol. The number of nitro benzene ring substituents is 1. The summed E-state index contributed by atoms with van der Waals surface area (Å²) >= 11 is 0. The van der Waals surface area contributed by atoms with Gasteiger partial charge in [0, 0.05) is 23.3 Å². The molecule has 1 aromatic heterocycles. The van der Waals surface area contributed by atoms with Gasteiger partial charge in [0.05, 0.1) is 16.7 Å². The van der Waals surface area contributed by atoms with Crippen molar-refractivity contribution in [3.63, 3.8) is 0 Å². The van der Waals surface area contributed by atoms with Crippen LogP contribution in [0.3, 0.4) is 0 Å². The smallest absolute Gasteiger partial charge is 0.335 e. The summed E-state index contributed by atoms with van der Waals surface area (Å²) in [4.78, 5) is 33.2. The standard InChI is InChI=1S/C19H13N3O6/c23-18(13-4-2-6-15(10-13)22(26)27)21-20-11-16-7-8-17(28-16)12-3-1-5-14(9-12)19(24)25/h1-11H,(H,21,23)(H,24,25)/b20-11-. The van der Waals surface area contributed by atoms with E-state index < -0.39 is 16.8 Å². The molecule has 2 N–H and O–H groups in total. The number of carboxylic acid groups (broad SMARTS) is 1. The van der Waals surface area contributed by atoms with E-state index in [0.29, 0.717) is 17.1 Å². The van der Waals surface area contributed by atoms with Gasteiger partial charge in [0.15, 0.2) is 0 Å². The summed E-state index contributed by atoms with van der Waals surface area (Å²) in [6, 6.07) is 14.8. The maximum atomic E-state index is 12.0. The van der Waals surface area contributed by atoms with Gasteiger partial charge in [-0.1, -0.05) is 18.2 Å². The van der Waals surface area contributed by atoms with Gasteiger partial charge in [-0.15, -0.1) is 0 Å². The predicted octanol–water partition coefficient (Wildman–Crippen LogP) is 3.32. The molecule has 0 spiro atoms. The Morgan fingerprint density at radius 3 is 2.57 bits per heavy atom. The first kappa shape index (κ1) is 18.5. The van der Waals surface area contributed by atoms with Crippen LogP contribution in [0.1, 0.15) is 26.5 Å². The van der Waals surface area contributed by atoms with Crippen LogP contribution in [-0.4, -0.2) is 28.1 Å². The molecule has 1 amide bonds. The molecular formula is C19H13N3O6. The first-order valence-electron chi connectivity index (χ1n) is 7.95. The van der Waals surface area contributed by atoms with Crippen molar-refractivity contribution in [1.82, 2.24) is 5.43 Å². The number of benzene rings is 2. The number of carbonyl (C=O) groups is 2. The van der Waals surface area contributed by atoms with Gasteiger partial charge in [0.1, 0.15) is 11.5 Å². The summed E-state index contributed by atoms with van der Waals surface area (Å²) in [5.74, 6) is -0.885. The first-order valence-corrected chi connectivity index (χ1v) is 7.95. The number of furan rings is 1. The van der Waals surface area contributed by atoms with E-state index in [2.05, 4.69) is 10.5 Å². The van der Waals surface area contributed by atoms with E-state index in [9.17, 15) is 19.7 Å². The number of nitrogens with zero attached hydrogens (tertiary/aromatic N) is 2. The Hall–Kier alpha value is -4.27. The number of nitro groups is 1. The minimum atomic E-state index is -1.04. The highest BCUT2D eigenvalue weighted by Crippen LogP contribution is 2.22. The molecule has 3 rings (SSSR count). The van der Waals surface area contributed by atoms with E-state index in [0.717, 1.165) is 6.07 Å². The van der Waals surface area contributed by atoms with Gasteiger partial charge in [0.2, 0.25) is 0 Å². The van der Waals surface area contributed by atoms with Crippen molar-refractivity contribution in [3.8, 4) is 11.3 Å². The number of amides is 1. The zero-order chi connectivity index (χ0) is 20.1. The van der Waals surface area contributed by atoms with Crippen LogP contribution in [0.15, 0.2) is 70.2 Å². The number of carbonyl (C=O) groups excluding carboxylic acids is 1. The lowest BCUT2D eigenvalue weighted by Crippen LogP contribution is -2.17. The Labute approximate surface area is 158 Å². The average molecular weight is 379 g/mol. The molecule has 0 bridgehead atoms. The second kappa shape index (κ2) is 7.96. The lowest BCUT2D eigenvalue weighted by molar-refractivity contribution is -0.384. The van der Waals surface area contributed by atoms with E-state index >= 15 is 0 Å². The fourth-order valence-corrected chi connectivity index (χ4v) is 2.36. The molecule has 0 aliphatic rings. The highest BCUT2D eigenvalue weighted by molar-refractivity contribution is 5.95. The number of nitrogens with one attached hydrogen (secondary N) is 1. The number of hydrazone groups is 1. The van der Waals surface area contributed by atoms with Crippen LogP contribution >= 0.6 is 0 Å². The minimum Gasteiger partial charge on any atom is -0.478 e. The van der Waals surface area contributed by atoms with Crippen molar-refractivity contribution in [1.29, 1.82) is 0 Å². The van der Waals surface area contributed by atoms with Crippen molar-refractivity contribution >= 4 is 23.8 Å². The Morgan fingerprint density at radius 1 is 1.07 bits per heavy atom. The molecule has 2 aromatic carbocycles. The van der Waals surface area contributed by atoms with Crippen molar-refractivity contribution < 1.29 is 24.0 Å². The summed E-state index contributed by atoms with van der Waals surface area (Å²) in [6.45, 7) is 0. The van der Waals surface area contributed by atoms with Crippen LogP contribution in [0, 0.1) is 10.1 Å². The molecule has 0 saturated carbocycles. The summed E-state index contributed by atoms with van der Waals surface area (Å²) in [6.07, 6.45) is 1.26. The number of rotatable bonds is 6. The van der Waals surface area contributed by atoms with Gasteiger partial charge in [0.25, 0.3) is 11.6 Å². The van der Waals surface area contributed by atoms with Crippen molar-refractivity contribution in [2.24, 2.45) is 5.10 Å². The van der Waals surface area contributed by atoms with E-state index in [1.165, 1.54) is 36.5 Å². The quantitative estimate of drug-likeness (QED) is 0.383. The Kier molecular flexibility index (Phi) is 5.26. The Balaban J connectivity index is 1.68. The van der Waals surface area contributed by atoms with Gasteiger partial charge >= 0.3 is 5.97 Å². The minimum absolute atomic E-state index is 0.0944. The van der Waals surface area contributed by atoms with Crippen molar-refractivity contribution in [3.05, 3.63) is 87.7 Å². The average Bonchev–Trinajstić information content (AvgIpc) is 3.17. The lowest BCUT2D eigenvalue weighted by atomic mass is 10.1. The number of carboxylic acids is 1. The molecular weight excluding hydrogens is 366 g/mol. The van der Waals surface area contributed by atoms with Crippen molar-refractivity contribution in [2.45, 2.75) is 0 Å².